The minimum atomic E-state index is -0.348. The fourth-order valence-electron chi connectivity index (χ4n) is 1.56. The molecule has 15 heavy (non-hydrogen) atoms. The summed E-state index contributed by atoms with van der Waals surface area (Å²) in [5.74, 6) is -0.696. The molecule has 0 unspecified atom stereocenters. The molecule has 5 heteroatoms. The number of hydrogen-bond acceptors (Lipinski definition) is 5. The van der Waals surface area contributed by atoms with Gasteiger partial charge >= 0.3 is 11.9 Å². The molecule has 0 amide bonds. The Hall–Kier alpha value is -1.10. The van der Waals surface area contributed by atoms with E-state index in [1.807, 2.05) is 6.92 Å². The molecule has 5 nitrogen and oxygen atoms in total. The van der Waals surface area contributed by atoms with Gasteiger partial charge in [-0.3, -0.25) is 9.59 Å². The van der Waals surface area contributed by atoms with Gasteiger partial charge in [0.15, 0.2) is 0 Å². The molecule has 1 saturated heterocycles. The molecular weight excluding hydrogens is 200 g/mol. The second kappa shape index (κ2) is 5.11. The summed E-state index contributed by atoms with van der Waals surface area (Å²) in [6.45, 7) is 4.89. The Morgan fingerprint density at radius 1 is 1.20 bits per heavy atom. The zero-order chi connectivity index (χ0) is 11.4. The van der Waals surface area contributed by atoms with E-state index in [1.165, 1.54) is 13.8 Å². The molecule has 1 rings (SSSR count). The van der Waals surface area contributed by atoms with Gasteiger partial charge in [-0.1, -0.05) is 0 Å². The van der Waals surface area contributed by atoms with Gasteiger partial charge in [0.2, 0.25) is 0 Å². The van der Waals surface area contributed by atoms with E-state index in [2.05, 4.69) is 0 Å². The first-order valence-corrected chi connectivity index (χ1v) is 4.95. The number of carbonyl (C=O) groups is 2. The highest BCUT2D eigenvalue weighted by atomic mass is 16.6. The van der Waals surface area contributed by atoms with Crippen LogP contribution >= 0.6 is 0 Å². The molecule has 0 bridgehead atoms. The Kier molecular flexibility index (Phi) is 4.08. The van der Waals surface area contributed by atoms with Gasteiger partial charge in [-0.25, -0.2) is 0 Å². The van der Waals surface area contributed by atoms with Crippen LogP contribution in [0.3, 0.4) is 0 Å². The minimum absolute atomic E-state index is 0.152. The van der Waals surface area contributed by atoms with Crippen LogP contribution in [0.5, 0.6) is 0 Å². The monoisotopic (exact) mass is 216 g/mol. The van der Waals surface area contributed by atoms with Gasteiger partial charge in [0.05, 0.1) is 12.7 Å². The number of rotatable bonds is 2. The van der Waals surface area contributed by atoms with Crippen molar-refractivity contribution in [2.75, 3.05) is 6.61 Å². The molecule has 0 N–H and O–H groups in total. The first kappa shape index (κ1) is 12.0. The van der Waals surface area contributed by atoms with Crippen molar-refractivity contribution in [3.63, 3.8) is 0 Å². The van der Waals surface area contributed by atoms with Crippen LogP contribution in [0.1, 0.15) is 27.2 Å². The third kappa shape index (κ3) is 3.87. The molecule has 86 valence electrons. The van der Waals surface area contributed by atoms with Crippen molar-refractivity contribution < 1.29 is 23.8 Å². The summed E-state index contributed by atoms with van der Waals surface area (Å²) < 4.78 is 15.4. The van der Waals surface area contributed by atoms with Crippen LogP contribution in [0.15, 0.2) is 0 Å². The van der Waals surface area contributed by atoms with Gasteiger partial charge in [0.25, 0.3) is 0 Å². The predicted octanol–water partition coefficient (Wildman–Crippen LogP) is 0.659. The van der Waals surface area contributed by atoms with Crippen LogP contribution in [0, 0.1) is 0 Å². The first-order valence-electron chi connectivity index (χ1n) is 4.95. The molecular formula is C10H16O5. The third-order valence-corrected chi connectivity index (χ3v) is 2.21. The Morgan fingerprint density at radius 3 is 2.33 bits per heavy atom. The van der Waals surface area contributed by atoms with E-state index >= 15 is 0 Å². The molecule has 1 heterocycles. The summed E-state index contributed by atoms with van der Waals surface area (Å²) in [7, 11) is 0. The Balaban J connectivity index is 2.47. The van der Waals surface area contributed by atoms with Crippen LogP contribution in [0.2, 0.25) is 0 Å². The highest BCUT2D eigenvalue weighted by Crippen LogP contribution is 2.19. The lowest BCUT2D eigenvalue weighted by atomic mass is 10.0. The topological polar surface area (TPSA) is 61.8 Å². The standard InChI is InChI=1S/C10H16O5/c1-6-10(15-8(3)12)4-9(5-13-6)14-7(2)11/h6,9-10H,4-5H2,1-3H3/t6-,9-,10+/m1/s1. The van der Waals surface area contributed by atoms with Crippen molar-refractivity contribution in [2.45, 2.75) is 45.5 Å². The van der Waals surface area contributed by atoms with E-state index < -0.39 is 0 Å². The van der Waals surface area contributed by atoms with E-state index in [-0.39, 0.29) is 30.3 Å². The second-order valence-electron chi connectivity index (χ2n) is 3.65. The highest BCUT2D eigenvalue weighted by molar-refractivity contribution is 5.66. The molecule has 1 fully saturated rings. The smallest absolute Gasteiger partial charge is 0.302 e. The maximum Gasteiger partial charge on any atom is 0.302 e. The molecule has 0 aromatic rings. The number of carbonyl (C=O) groups excluding carboxylic acids is 2. The van der Waals surface area contributed by atoms with Crippen molar-refractivity contribution in [3.8, 4) is 0 Å². The zero-order valence-electron chi connectivity index (χ0n) is 9.19. The summed E-state index contributed by atoms with van der Waals surface area (Å²) in [6, 6.07) is 0. The van der Waals surface area contributed by atoms with Crippen LogP contribution in [-0.4, -0.2) is 36.9 Å². The number of esters is 2. The van der Waals surface area contributed by atoms with Crippen LogP contribution in [-0.2, 0) is 23.8 Å². The van der Waals surface area contributed by atoms with Gasteiger partial charge < -0.3 is 14.2 Å². The molecule has 0 spiro atoms. The average Bonchev–Trinajstić information content (AvgIpc) is 2.09. The van der Waals surface area contributed by atoms with Crippen molar-refractivity contribution in [3.05, 3.63) is 0 Å². The summed E-state index contributed by atoms with van der Waals surface area (Å²) in [4.78, 5) is 21.5. The van der Waals surface area contributed by atoms with E-state index in [0.717, 1.165) is 0 Å². The summed E-state index contributed by atoms with van der Waals surface area (Å²) in [5.41, 5.74) is 0. The van der Waals surface area contributed by atoms with Gasteiger partial charge in [0.1, 0.15) is 12.2 Å². The van der Waals surface area contributed by atoms with E-state index in [0.29, 0.717) is 13.0 Å². The molecule has 0 aromatic heterocycles. The van der Waals surface area contributed by atoms with Crippen molar-refractivity contribution in [1.29, 1.82) is 0 Å². The maximum atomic E-state index is 10.8. The Labute approximate surface area is 88.7 Å². The Morgan fingerprint density at radius 2 is 1.80 bits per heavy atom. The lowest BCUT2D eigenvalue weighted by molar-refractivity contribution is -0.179. The number of ether oxygens (including phenoxy) is 3. The van der Waals surface area contributed by atoms with Gasteiger partial charge in [0, 0.05) is 20.3 Å². The lowest BCUT2D eigenvalue weighted by Gasteiger charge is -2.33. The first-order chi connectivity index (χ1) is 6.99. The van der Waals surface area contributed by atoms with Crippen molar-refractivity contribution >= 4 is 11.9 Å². The van der Waals surface area contributed by atoms with E-state index in [9.17, 15) is 9.59 Å². The average molecular weight is 216 g/mol. The summed E-state index contributed by atoms with van der Waals surface area (Å²) >= 11 is 0. The maximum absolute atomic E-state index is 10.8. The van der Waals surface area contributed by atoms with E-state index in [1.54, 1.807) is 0 Å². The normalized spacial score (nSPS) is 30.7. The Bertz CT molecular complexity index is 250. The summed E-state index contributed by atoms with van der Waals surface area (Å²) in [6.07, 6.45) is -0.301. The molecule has 0 aliphatic carbocycles. The van der Waals surface area contributed by atoms with Gasteiger partial charge in [-0.15, -0.1) is 0 Å². The van der Waals surface area contributed by atoms with Crippen LogP contribution in [0.25, 0.3) is 0 Å². The van der Waals surface area contributed by atoms with E-state index in [4.69, 9.17) is 14.2 Å². The van der Waals surface area contributed by atoms with Gasteiger partial charge in [-0.05, 0) is 6.92 Å². The lowest BCUT2D eigenvalue weighted by Crippen LogP contribution is -2.43. The molecule has 1 aliphatic heterocycles. The molecule has 1 aliphatic rings. The van der Waals surface area contributed by atoms with Crippen LogP contribution in [0.4, 0.5) is 0 Å². The number of hydrogen-bond donors (Lipinski definition) is 0. The summed E-state index contributed by atoms with van der Waals surface area (Å²) in [5, 5.41) is 0. The SMILES string of the molecule is CC(=O)O[C@H]1CO[C@H](C)[C@@H](OC(C)=O)C1. The molecule has 0 aromatic carbocycles. The highest BCUT2D eigenvalue weighted by Gasteiger charge is 2.32. The molecule has 0 saturated carbocycles. The quantitative estimate of drug-likeness (QED) is 0.634. The largest absolute Gasteiger partial charge is 0.460 e. The fraction of sp³-hybridized carbons (Fsp3) is 0.800. The minimum Gasteiger partial charge on any atom is -0.460 e. The second-order valence-corrected chi connectivity index (χ2v) is 3.65. The molecule has 3 atom stereocenters. The van der Waals surface area contributed by atoms with Crippen LogP contribution < -0.4 is 0 Å². The molecule has 0 radical (unpaired) electrons. The fourth-order valence-corrected chi connectivity index (χ4v) is 1.56. The van der Waals surface area contributed by atoms with Crippen molar-refractivity contribution in [2.24, 2.45) is 0 Å². The zero-order valence-corrected chi connectivity index (χ0v) is 9.19. The predicted molar refractivity (Wildman–Crippen MR) is 51.1 cm³/mol. The van der Waals surface area contributed by atoms with Gasteiger partial charge in [-0.2, -0.15) is 0 Å². The van der Waals surface area contributed by atoms with Crippen molar-refractivity contribution in [1.82, 2.24) is 0 Å². The third-order valence-electron chi connectivity index (χ3n) is 2.21.